The number of benzene rings is 1. The predicted octanol–water partition coefficient (Wildman–Crippen LogP) is 6.45. The molecule has 0 aliphatic carbocycles. The molecule has 1 aromatic carbocycles. The van der Waals surface area contributed by atoms with Crippen LogP contribution in [0, 0.1) is 0 Å². The largest absolute Gasteiger partial charge is 0.352 e. The third-order valence-corrected chi connectivity index (χ3v) is 5.74. The van der Waals surface area contributed by atoms with Gasteiger partial charge in [-0.1, -0.05) is 96.5 Å². The van der Waals surface area contributed by atoms with E-state index in [0.717, 1.165) is 13.0 Å². The van der Waals surface area contributed by atoms with Crippen LogP contribution in [-0.2, 0) is 4.79 Å². The number of unbranched alkanes of at least 4 members (excludes halogenated alkanes) is 13. The summed E-state index contributed by atoms with van der Waals surface area (Å²) in [5.74, 6) is -0.206. The Balaban J connectivity index is 1.94. The maximum absolute atomic E-state index is 12.1. The second-order valence-electron chi connectivity index (χ2n) is 8.76. The Morgan fingerprint density at radius 3 is 1.88 bits per heavy atom. The van der Waals surface area contributed by atoms with Gasteiger partial charge in [-0.3, -0.25) is 9.59 Å². The molecule has 0 saturated heterocycles. The van der Waals surface area contributed by atoms with Crippen LogP contribution in [0.15, 0.2) is 24.3 Å². The van der Waals surface area contributed by atoms with Gasteiger partial charge in [0.05, 0.1) is 6.54 Å². The Hall–Kier alpha value is -1.88. The molecule has 1 aromatic rings. The van der Waals surface area contributed by atoms with Crippen LogP contribution in [0.2, 0.25) is 0 Å². The molecule has 0 aliphatic heterocycles. The zero-order chi connectivity index (χ0) is 23.3. The van der Waals surface area contributed by atoms with Crippen molar-refractivity contribution in [1.29, 1.82) is 0 Å². The normalized spacial score (nSPS) is 10.8. The van der Waals surface area contributed by atoms with Gasteiger partial charge in [-0.2, -0.15) is 0 Å². The summed E-state index contributed by atoms with van der Waals surface area (Å²) in [6.45, 7) is 5.90. The van der Waals surface area contributed by atoms with E-state index in [0.29, 0.717) is 24.3 Å². The van der Waals surface area contributed by atoms with Gasteiger partial charge in [-0.15, -0.1) is 0 Å². The Labute approximate surface area is 196 Å². The number of carbonyl (C=O) groups is 2. The molecule has 0 aliphatic rings. The highest BCUT2D eigenvalue weighted by molar-refractivity contribution is 5.97. The third-order valence-electron chi connectivity index (χ3n) is 5.74. The van der Waals surface area contributed by atoms with E-state index in [-0.39, 0.29) is 11.8 Å². The van der Waals surface area contributed by atoms with Crippen molar-refractivity contribution in [2.24, 2.45) is 0 Å². The first kappa shape index (κ1) is 28.2. The van der Waals surface area contributed by atoms with Gasteiger partial charge in [0.25, 0.3) is 5.91 Å². The van der Waals surface area contributed by atoms with Gasteiger partial charge in [-0.05, 0) is 38.1 Å². The van der Waals surface area contributed by atoms with Crippen molar-refractivity contribution in [2.75, 3.05) is 25.0 Å². The van der Waals surface area contributed by atoms with Crippen LogP contribution in [0.25, 0.3) is 0 Å². The summed E-state index contributed by atoms with van der Waals surface area (Å²) >= 11 is 0. The summed E-state index contributed by atoms with van der Waals surface area (Å²) < 4.78 is 0. The van der Waals surface area contributed by atoms with Gasteiger partial charge >= 0.3 is 0 Å². The highest BCUT2D eigenvalue weighted by Gasteiger charge is 2.07. The minimum absolute atomic E-state index is 0.0802. The highest BCUT2D eigenvalue weighted by atomic mass is 16.2. The average Bonchev–Trinajstić information content (AvgIpc) is 2.79. The molecule has 0 atom stereocenters. The maximum Gasteiger partial charge on any atom is 0.251 e. The molecule has 32 heavy (non-hydrogen) atoms. The van der Waals surface area contributed by atoms with Crippen LogP contribution >= 0.6 is 0 Å². The van der Waals surface area contributed by atoms with Crippen LogP contribution < -0.4 is 16.0 Å². The molecule has 3 N–H and O–H groups in total. The van der Waals surface area contributed by atoms with Crippen LogP contribution in [0.1, 0.15) is 114 Å². The van der Waals surface area contributed by atoms with Gasteiger partial charge in [-0.25, -0.2) is 0 Å². The minimum Gasteiger partial charge on any atom is -0.352 e. The summed E-state index contributed by atoms with van der Waals surface area (Å²) in [6, 6.07) is 7.03. The van der Waals surface area contributed by atoms with E-state index in [4.69, 9.17) is 0 Å². The van der Waals surface area contributed by atoms with E-state index in [1.54, 1.807) is 24.3 Å². The monoisotopic (exact) mass is 445 g/mol. The lowest BCUT2D eigenvalue weighted by atomic mass is 10.0. The first-order chi connectivity index (χ1) is 15.7. The lowest BCUT2D eigenvalue weighted by Gasteiger charge is -2.08. The molecule has 0 heterocycles. The van der Waals surface area contributed by atoms with Crippen LogP contribution in [0.5, 0.6) is 0 Å². The average molecular weight is 446 g/mol. The molecule has 0 radical (unpaired) electrons. The number of rotatable bonds is 20. The van der Waals surface area contributed by atoms with Crippen molar-refractivity contribution in [3.05, 3.63) is 29.8 Å². The number of amides is 2. The van der Waals surface area contributed by atoms with E-state index in [9.17, 15) is 9.59 Å². The molecule has 0 spiro atoms. The number of hydrogen-bond acceptors (Lipinski definition) is 3. The van der Waals surface area contributed by atoms with Crippen molar-refractivity contribution in [3.63, 3.8) is 0 Å². The van der Waals surface area contributed by atoms with E-state index in [1.165, 1.54) is 83.5 Å². The third kappa shape index (κ3) is 15.0. The first-order valence-electron chi connectivity index (χ1n) is 13.1. The summed E-state index contributed by atoms with van der Waals surface area (Å²) in [5, 5.41) is 8.83. The predicted molar refractivity (Wildman–Crippen MR) is 136 cm³/mol. The fourth-order valence-electron chi connectivity index (χ4n) is 3.85. The van der Waals surface area contributed by atoms with Crippen molar-refractivity contribution in [2.45, 2.75) is 104 Å². The lowest BCUT2D eigenvalue weighted by Crippen LogP contribution is -2.29. The van der Waals surface area contributed by atoms with E-state index >= 15 is 0 Å². The zero-order valence-corrected chi connectivity index (χ0v) is 20.6. The standard InChI is InChI=1S/C27H47N3O2/c1-3-5-6-7-8-9-10-11-12-13-14-15-16-17-21-28-23-26(31)30-25-20-18-19-24(22-25)27(32)29-4-2/h18-20,22,28H,3-17,21,23H2,1-2H3,(H,29,32)(H,30,31). The first-order valence-corrected chi connectivity index (χ1v) is 13.1. The number of nitrogens with one attached hydrogen (secondary N) is 3. The van der Waals surface area contributed by atoms with E-state index < -0.39 is 0 Å². The van der Waals surface area contributed by atoms with Crippen LogP contribution in [0.4, 0.5) is 5.69 Å². The molecule has 0 aromatic heterocycles. The van der Waals surface area contributed by atoms with Gasteiger partial charge in [0, 0.05) is 17.8 Å². The number of anilines is 1. The molecule has 2 amide bonds. The Bertz CT molecular complexity index is 619. The van der Waals surface area contributed by atoms with Gasteiger partial charge in [0.2, 0.25) is 5.91 Å². The summed E-state index contributed by atoms with van der Waals surface area (Å²) in [6.07, 6.45) is 18.9. The SMILES string of the molecule is CCCCCCCCCCCCCCCCNCC(=O)Nc1cccc(C(=O)NCC)c1. The summed E-state index contributed by atoms with van der Waals surface area (Å²) in [4.78, 5) is 24.0. The Morgan fingerprint density at radius 2 is 1.31 bits per heavy atom. The van der Waals surface area contributed by atoms with Crippen molar-refractivity contribution >= 4 is 17.5 Å². The molecule has 0 saturated carbocycles. The lowest BCUT2D eigenvalue weighted by molar-refractivity contribution is -0.115. The van der Waals surface area contributed by atoms with Crippen molar-refractivity contribution in [1.82, 2.24) is 10.6 Å². The molecule has 0 unspecified atom stereocenters. The number of carbonyl (C=O) groups excluding carboxylic acids is 2. The fourth-order valence-corrected chi connectivity index (χ4v) is 3.85. The summed E-state index contributed by atoms with van der Waals surface area (Å²) in [7, 11) is 0. The van der Waals surface area contributed by atoms with Crippen LogP contribution in [-0.4, -0.2) is 31.4 Å². The number of hydrogen-bond donors (Lipinski definition) is 3. The smallest absolute Gasteiger partial charge is 0.251 e. The van der Waals surface area contributed by atoms with Crippen LogP contribution in [0.3, 0.4) is 0 Å². The maximum atomic E-state index is 12.1. The molecule has 1 rings (SSSR count). The van der Waals surface area contributed by atoms with Gasteiger partial charge < -0.3 is 16.0 Å². The Morgan fingerprint density at radius 1 is 0.750 bits per heavy atom. The highest BCUT2D eigenvalue weighted by Crippen LogP contribution is 2.13. The molecule has 0 bridgehead atoms. The molecular weight excluding hydrogens is 398 g/mol. The van der Waals surface area contributed by atoms with Crippen molar-refractivity contribution in [3.8, 4) is 0 Å². The minimum atomic E-state index is -0.125. The summed E-state index contributed by atoms with van der Waals surface area (Å²) in [5.41, 5.74) is 1.21. The Kier molecular flexibility index (Phi) is 17.4. The fraction of sp³-hybridized carbons (Fsp3) is 0.704. The van der Waals surface area contributed by atoms with E-state index in [2.05, 4.69) is 22.9 Å². The topological polar surface area (TPSA) is 70.2 Å². The second-order valence-corrected chi connectivity index (χ2v) is 8.76. The second kappa shape index (κ2) is 19.8. The van der Waals surface area contributed by atoms with Gasteiger partial charge in [0.1, 0.15) is 0 Å². The molecular formula is C27H47N3O2. The molecule has 5 heteroatoms. The molecule has 5 nitrogen and oxygen atoms in total. The quantitative estimate of drug-likeness (QED) is 0.202. The van der Waals surface area contributed by atoms with E-state index in [1.807, 2.05) is 6.92 Å². The van der Waals surface area contributed by atoms with Crippen molar-refractivity contribution < 1.29 is 9.59 Å². The zero-order valence-electron chi connectivity index (χ0n) is 20.6. The molecule has 182 valence electrons. The van der Waals surface area contributed by atoms with Gasteiger partial charge in [0.15, 0.2) is 0 Å². The molecule has 0 fully saturated rings.